The fraction of sp³-hybridized carbons (Fsp3) is 0.684. The Kier molecular flexibility index (Phi) is 19.5. The predicted molar refractivity (Wildman–Crippen MR) is 189 cm³/mol. The molecule has 0 aliphatic carbocycles. The highest BCUT2D eigenvalue weighted by Crippen LogP contribution is 2.37. The highest BCUT2D eigenvalue weighted by molar-refractivity contribution is 5.74. The molecule has 0 saturated carbocycles. The third-order valence-electron chi connectivity index (χ3n) is 9.44. The minimum Gasteiger partial charge on any atom is -0.469 e. The maximum absolute atomic E-state index is 12.5. The zero-order valence-corrected chi connectivity index (χ0v) is 30.2. The number of ether oxygens (including phenoxy) is 3. The van der Waals surface area contributed by atoms with Crippen molar-refractivity contribution in [3.05, 3.63) is 60.8 Å². The molecule has 13 nitrogen and oxygen atoms in total. The third kappa shape index (κ3) is 16.2. The van der Waals surface area contributed by atoms with Gasteiger partial charge in [-0.15, -0.1) is 0 Å². The van der Waals surface area contributed by atoms with Crippen molar-refractivity contribution >= 4 is 11.9 Å². The molecule has 1 unspecified atom stereocenters. The quantitative estimate of drug-likeness (QED) is 0.181. The second-order valence-corrected chi connectivity index (χ2v) is 14.0. The fourth-order valence-corrected chi connectivity index (χ4v) is 6.42. The van der Waals surface area contributed by atoms with Gasteiger partial charge in [0.1, 0.15) is 12.0 Å². The van der Waals surface area contributed by atoms with Gasteiger partial charge < -0.3 is 55.1 Å². The van der Waals surface area contributed by atoms with Crippen LogP contribution in [0.3, 0.4) is 0 Å². The normalized spacial score (nSPS) is 39.3. The number of aliphatic hydroxyl groups excluding tert-OH is 7. The maximum atomic E-state index is 12.5. The van der Waals surface area contributed by atoms with Gasteiger partial charge in [0, 0.05) is 31.1 Å². The van der Waals surface area contributed by atoms with Gasteiger partial charge in [0.25, 0.3) is 0 Å². The molecule has 13 atom stereocenters. The van der Waals surface area contributed by atoms with Gasteiger partial charge in [-0.3, -0.25) is 9.59 Å². The van der Waals surface area contributed by atoms with Crippen LogP contribution in [0, 0.1) is 17.8 Å². The number of carbonyl (C=O) groups excluding carboxylic acids is 2. The van der Waals surface area contributed by atoms with E-state index in [2.05, 4.69) is 0 Å². The molecular weight excluding hydrogens is 664 g/mol. The Balaban J connectivity index is 2.19. The first-order valence-electron chi connectivity index (χ1n) is 17.8. The molecule has 0 aromatic rings. The van der Waals surface area contributed by atoms with Crippen LogP contribution in [0.4, 0.5) is 0 Å². The average molecular weight is 725 g/mol. The number of carbonyl (C=O) groups is 2. The third-order valence-corrected chi connectivity index (χ3v) is 9.44. The molecule has 0 radical (unpaired) electrons. The van der Waals surface area contributed by atoms with Crippen LogP contribution >= 0.6 is 0 Å². The first-order chi connectivity index (χ1) is 24.0. The SMILES string of the molecule is COC(=O)C1[C@@H]2C[C@@H](O)C=CC=CC=CC=CC=C[C@H](C)[C@@H](O)[C@@H](C)[C@H](C)OC(=O)C[C@H](O)C[C@H](O)CCC[C@H](O)C[C@H](O)C[C@](O)(C[C@@H]1O)O2. The van der Waals surface area contributed by atoms with Crippen LogP contribution in [0.25, 0.3) is 0 Å². The van der Waals surface area contributed by atoms with Gasteiger partial charge in [-0.05, 0) is 39.0 Å². The summed E-state index contributed by atoms with van der Waals surface area (Å²) in [6, 6.07) is 0. The van der Waals surface area contributed by atoms with Crippen molar-refractivity contribution in [1.82, 2.24) is 0 Å². The summed E-state index contributed by atoms with van der Waals surface area (Å²) in [4.78, 5) is 25.0. The van der Waals surface area contributed by atoms with E-state index in [0.717, 1.165) is 7.11 Å². The van der Waals surface area contributed by atoms with Gasteiger partial charge in [-0.1, -0.05) is 74.6 Å². The van der Waals surface area contributed by atoms with Gasteiger partial charge in [0.2, 0.25) is 0 Å². The second-order valence-electron chi connectivity index (χ2n) is 14.0. The molecule has 2 bridgehead atoms. The lowest BCUT2D eigenvalue weighted by atomic mass is 9.82. The molecule has 51 heavy (non-hydrogen) atoms. The minimum absolute atomic E-state index is 0.0911. The van der Waals surface area contributed by atoms with Crippen molar-refractivity contribution in [2.75, 3.05) is 7.11 Å². The number of aliphatic hydroxyl groups is 8. The van der Waals surface area contributed by atoms with Gasteiger partial charge in [0.15, 0.2) is 5.79 Å². The molecule has 2 aliphatic rings. The molecule has 0 spiro atoms. The van der Waals surface area contributed by atoms with Crippen LogP contribution in [0.15, 0.2) is 60.8 Å². The smallest absolute Gasteiger partial charge is 0.313 e. The Morgan fingerprint density at radius 1 is 0.765 bits per heavy atom. The maximum Gasteiger partial charge on any atom is 0.313 e. The van der Waals surface area contributed by atoms with E-state index in [1.54, 1.807) is 62.5 Å². The molecule has 13 heteroatoms. The Labute approximate surface area is 301 Å². The minimum atomic E-state index is -2.07. The van der Waals surface area contributed by atoms with Crippen LogP contribution < -0.4 is 0 Å². The van der Waals surface area contributed by atoms with Crippen molar-refractivity contribution < 1.29 is 64.7 Å². The summed E-state index contributed by atoms with van der Waals surface area (Å²) >= 11 is 0. The molecule has 0 aromatic heterocycles. The van der Waals surface area contributed by atoms with Crippen molar-refractivity contribution in [2.24, 2.45) is 17.8 Å². The van der Waals surface area contributed by atoms with Crippen molar-refractivity contribution in [3.8, 4) is 0 Å². The Morgan fingerprint density at radius 2 is 1.31 bits per heavy atom. The zero-order valence-electron chi connectivity index (χ0n) is 30.2. The number of hydrogen-bond acceptors (Lipinski definition) is 13. The van der Waals surface area contributed by atoms with E-state index in [4.69, 9.17) is 14.2 Å². The van der Waals surface area contributed by atoms with Gasteiger partial charge in [0.05, 0.1) is 62.4 Å². The number of rotatable bonds is 1. The Bertz CT molecular complexity index is 1200. The lowest BCUT2D eigenvalue weighted by Gasteiger charge is -2.44. The number of hydrogen-bond donors (Lipinski definition) is 8. The van der Waals surface area contributed by atoms with Gasteiger partial charge in [-0.25, -0.2) is 0 Å². The highest BCUT2D eigenvalue weighted by Gasteiger charge is 2.50. The molecule has 1 saturated heterocycles. The summed E-state index contributed by atoms with van der Waals surface area (Å²) < 4.78 is 16.1. The van der Waals surface area contributed by atoms with Crippen LogP contribution in [0.1, 0.15) is 78.6 Å². The monoisotopic (exact) mass is 724 g/mol. The summed E-state index contributed by atoms with van der Waals surface area (Å²) in [7, 11) is 1.15. The van der Waals surface area contributed by atoms with E-state index >= 15 is 0 Å². The van der Waals surface area contributed by atoms with Gasteiger partial charge in [-0.2, -0.15) is 0 Å². The van der Waals surface area contributed by atoms with E-state index in [-0.39, 0.29) is 44.4 Å². The van der Waals surface area contributed by atoms with E-state index in [1.807, 2.05) is 13.0 Å². The summed E-state index contributed by atoms with van der Waals surface area (Å²) in [6.07, 6.45) is 6.85. The van der Waals surface area contributed by atoms with E-state index in [1.165, 1.54) is 6.08 Å². The molecule has 290 valence electrons. The zero-order chi connectivity index (χ0) is 38.1. The number of methoxy groups -OCH3 is 1. The van der Waals surface area contributed by atoms with E-state index < -0.39 is 97.3 Å². The molecular formula is C38H60O13. The van der Waals surface area contributed by atoms with E-state index in [0.29, 0.717) is 6.42 Å². The predicted octanol–water partition coefficient (Wildman–Crippen LogP) is 1.90. The summed E-state index contributed by atoms with van der Waals surface area (Å²) in [5.74, 6) is -5.34. The number of fused-ring (bicyclic) bond motifs is 2. The van der Waals surface area contributed by atoms with Crippen molar-refractivity contribution in [1.29, 1.82) is 0 Å². The molecule has 0 amide bonds. The highest BCUT2D eigenvalue weighted by atomic mass is 16.6. The molecule has 2 aliphatic heterocycles. The summed E-state index contributed by atoms with van der Waals surface area (Å²) in [5.41, 5.74) is 0. The average Bonchev–Trinajstić information content (AvgIpc) is 3.03. The van der Waals surface area contributed by atoms with Crippen LogP contribution in [-0.4, -0.2) is 121 Å². The van der Waals surface area contributed by atoms with Crippen molar-refractivity contribution in [2.45, 2.75) is 139 Å². The van der Waals surface area contributed by atoms with Gasteiger partial charge >= 0.3 is 11.9 Å². The lowest BCUT2D eigenvalue weighted by molar-refractivity contribution is -0.300. The molecule has 1 fully saturated rings. The van der Waals surface area contributed by atoms with E-state index in [9.17, 15) is 50.4 Å². The number of allylic oxidation sites excluding steroid dienone is 8. The molecule has 0 aromatic carbocycles. The molecule has 2 rings (SSSR count). The number of cyclic esters (lactones) is 1. The lowest BCUT2D eigenvalue weighted by Crippen LogP contribution is -2.56. The number of esters is 2. The molecule has 8 N–H and O–H groups in total. The topological polar surface area (TPSA) is 224 Å². The second kappa shape index (κ2) is 22.4. The summed E-state index contributed by atoms with van der Waals surface area (Å²) in [5, 5.41) is 85.5. The van der Waals surface area contributed by atoms with Crippen LogP contribution in [0.5, 0.6) is 0 Å². The van der Waals surface area contributed by atoms with Crippen LogP contribution in [0.2, 0.25) is 0 Å². The Morgan fingerprint density at radius 3 is 1.90 bits per heavy atom. The standard InChI is InChI=1S/C38H60O13/c1-24-14-11-9-7-5-6-8-10-12-15-29(41)20-33-35(37(47)49-4)32(44)23-38(48,51-33)22-31(43)19-28(40)17-13-16-27(39)18-30(42)21-34(45)50-26(3)25(2)36(24)46/h5-12,14-15,24-33,35-36,39-44,46,48H,13,16-23H2,1-4H3/t24-,25-,26-,27+,28-,29-,30+,31-,32-,33-,35?,36+,38+/m0/s1. The van der Waals surface area contributed by atoms with Crippen LogP contribution in [-0.2, 0) is 23.8 Å². The largest absolute Gasteiger partial charge is 0.469 e. The molecule has 2 heterocycles. The first-order valence-corrected chi connectivity index (χ1v) is 17.8. The fourth-order valence-electron chi connectivity index (χ4n) is 6.42. The Hall–Kier alpha value is -2.72. The van der Waals surface area contributed by atoms with Crippen molar-refractivity contribution in [3.63, 3.8) is 0 Å². The summed E-state index contributed by atoms with van der Waals surface area (Å²) in [6.45, 7) is 5.29. The first kappa shape index (κ1) is 44.4.